The standard InChI is InChI=1S/C19H17F3N2O3S/c1-11-5-4-6-15(13(11)3)24-28(25,26)17-9-14(8-7-12(17)2)16-10-18(27-23-16)19(20,21)22/h4-10,24H,1-3H3. The Morgan fingerprint density at radius 3 is 2.36 bits per heavy atom. The second-order valence-electron chi connectivity index (χ2n) is 6.41. The van der Waals surface area contributed by atoms with Gasteiger partial charge in [0.25, 0.3) is 10.0 Å². The summed E-state index contributed by atoms with van der Waals surface area (Å²) in [6.07, 6.45) is -4.67. The van der Waals surface area contributed by atoms with Crippen LogP contribution in [0.15, 0.2) is 51.9 Å². The van der Waals surface area contributed by atoms with Gasteiger partial charge in [0.1, 0.15) is 5.69 Å². The zero-order chi connectivity index (χ0) is 20.7. The fourth-order valence-corrected chi connectivity index (χ4v) is 4.05. The van der Waals surface area contributed by atoms with Crippen molar-refractivity contribution in [1.29, 1.82) is 0 Å². The van der Waals surface area contributed by atoms with Gasteiger partial charge in [0.15, 0.2) is 0 Å². The molecule has 3 aromatic rings. The number of anilines is 1. The molecule has 1 N–H and O–H groups in total. The Kier molecular flexibility index (Phi) is 4.97. The highest BCUT2D eigenvalue weighted by Gasteiger charge is 2.36. The average molecular weight is 410 g/mol. The fourth-order valence-electron chi connectivity index (χ4n) is 2.66. The van der Waals surface area contributed by atoms with Crippen LogP contribution in [0.5, 0.6) is 0 Å². The van der Waals surface area contributed by atoms with Gasteiger partial charge in [-0.25, -0.2) is 8.42 Å². The largest absolute Gasteiger partial charge is 0.452 e. The summed E-state index contributed by atoms with van der Waals surface area (Å²) in [4.78, 5) is -0.0533. The normalized spacial score (nSPS) is 12.2. The van der Waals surface area contributed by atoms with E-state index >= 15 is 0 Å². The Bertz CT molecular complexity index is 1140. The van der Waals surface area contributed by atoms with E-state index in [1.165, 1.54) is 18.2 Å². The van der Waals surface area contributed by atoms with E-state index in [1.54, 1.807) is 26.0 Å². The number of hydrogen-bond donors (Lipinski definition) is 1. The fraction of sp³-hybridized carbons (Fsp3) is 0.211. The Morgan fingerprint density at radius 2 is 1.71 bits per heavy atom. The second-order valence-corrected chi connectivity index (χ2v) is 8.06. The van der Waals surface area contributed by atoms with Crippen LogP contribution in [-0.2, 0) is 16.2 Å². The molecule has 0 aliphatic rings. The van der Waals surface area contributed by atoms with Crippen LogP contribution in [-0.4, -0.2) is 13.6 Å². The number of rotatable bonds is 4. The predicted molar refractivity (Wildman–Crippen MR) is 98.4 cm³/mol. The minimum absolute atomic E-state index is 0.0533. The van der Waals surface area contributed by atoms with Crippen LogP contribution < -0.4 is 4.72 Å². The van der Waals surface area contributed by atoms with Crippen molar-refractivity contribution in [1.82, 2.24) is 5.16 Å². The monoisotopic (exact) mass is 410 g/mol. The summed E-state index contributed by atoms with van der Waals surface area (Å²) < 4.78 is 70.8. The summed E-state index contributed by atoms with van der Waals surface area (Å²) in [7, 11) is -3.97. The highest BCUT2D eigenvalue weighted by molar-refractivity contribution is 7.92. The maximum Gasteiger partial charge on any atom is 0.452 e. The van der Waals surface area contributed by atoms with Crippen molar-refractivity contribution in [2.45, 2.75) is 31.8 Å². The van der Waals surface area contributed by atoms with Crippen LogP contribution in [0.4, 0.5) is 18.9 Å². The molecule has 0 saturated carbocycles. The molecular weight excluding hydrogens is 393 g/mol. The molecule has 9 heteroatoms. The molecule has 0 aliphatic carbocycles. The molecule has 2 aromatic carbocycles. The number of nitrogens with one attached hydrogen (secondary N) is 1. The molecule has 0 unspecified atom stereocenters. The van der Waals surface area contributed by atoms with E-state index in [4.69, 9.17) is 0 Å². The molecule has 0 radical (unpaired) electrons. The summed E-state index contributed by atoms with van der Waals surface area (Å²) in [5.41, 5.74) is 2.69. The van der Waals surface area contributed by atoms with Gasteiger partial charge >= 0.3 is 6.18 Å². The van der Waals surface area contributed by atoms with Gasteiger partial charge in [-0.3, -0.25) is 4.72 Å². The summed E-state index contributed by atoms with van der Waals surface area (Å²) >= 11 is 0. The van der Waals surface area contributed by atoms with Gasteiger partial charge in [-0.05, 0) is 49.6 Å². The van der Waals surface area contributed by atoms with Gasteiger partial charge < -0.3 is 4.52 Å². The molecule has 148 valence electrons. The third-order valence-corrected chi connectivity index (χ3v) is 5.92. The van der Waals surface area contributed by atoms with Crippen LogP contribution in [0.25, 0.3) is 11.3 Å². The zero-order valence-corrected chi connectivity index (χ0v) is 16.1. The third-order valence-electron chi connectivity index (χ3n) is 4.41. The summed E-state index contributed by atoms with van der Waals surface area (Å²) in [6.45, 7) is 5.26. The van der Waals surface area contributed by atoms with E-state index in [-0.39, 0.29) is 16.2 Å². The molecule has 0 bridgehead atoms. The molecule has 28 heavy (non-hydrogen) atoms. The molecule has 0 fully saturated rings. The molecule has 0 saturated heterocycles. The summed E-state index contributed by atoms with van der Waals surface area (Å²) in [5, 5.41) is 3.41. The van der Waals surface area contributed by atoms with E-state index in [2.05, 4.69) is 14.4 Å². The van der Waals surface area contributed by atoms with Crippen molar-refractivity contribution in [3.05, 3.63) is 64.9 Å². The van der Waals surface area contributed by atoms with Crippen molar-refractivity contribution in [3.8, 4) is 11.3 Å². The van der Waals surface area contributed by atoms with Crippen molar-refractivity contribution < 1.29 is 26.1 Å². The SMILES string of the molecule is Cc1ccc(-c2cc(C(F)(F)F)on2)cc1S(=O)(=O)Nc1cccc(C)c1C. The molecule has 1 aromatic heterocycles. The van der Waals surface area contributed by atoms with Gasteiger partial charge in [0.2, 0.25) is 5.76 Å². The van der Waals surface area contributed by atoms with Crippen LogP contribution in [0.1, 0.15) is 22.5 Å². The Morgan fingerprint density at radius 1 is 1.00 bits per heavy atom. The second kappa shape index (κ2) is 6.97. The lowest BCUT2D eigenvalue weighted by molar-refractivity contribution is -0.155. The van der Waals surface area contributed by atoms with Crippen molar-refractivity contribution >= 4 is 15.7 Å². The Labute approximate surface area is 160 Å². The molecule has 0 aliphatic heterocycles. The molecule has 5 nitrogen and oxygen atoms in total. The number of sulfonamides is 1. The van der Waals surface area contributed by atoms with Gasteiger partial charge in [0, 0.05) is 11.6 Å². The van der Waals surface area contributed by atoms with Gasteiger partial charge in [-0.15, -0.1) is 0 Å². The van der Waals surface area contributed by atoms with Crippen LogP contribution in [0.2, 0.25) is 0 Å². The number of halogens is 3. The first kappa shape index (κ1) is 19.9. The summed E-state index contributed by atoms with van der Waals surface area (Å²) in [5.74, 6) is -1.25. The lowest BCUT2D eigenvalue weighted by atomic mass is 10.1. The maximum absolute atomic E-state index is 12.9. The van der Waals surface area contributed by atoms with E-state index < -0.39 is 22.0 Å². The number of alkyl halides is 3. The van der Waals surface area contributed by atoms with Gasteiger partial charge in [0.05, 0.1) is 10.6 Å². The van der Waals surface area contributed by atoms with E-state index in [0.717, 1.165) is 17.2 Å². The maximum atomic E-state index is 12.9. The van der Waals surface area contributed by atoms with E-state index in [9.17, 15) is 21.6 Å². The highest BCUT2D eigenvalue weighted by atomic mass is 32.2. The number of nitrogens with zero attached hydrogens (tertiary/aromatic N) is 1. The minimum atomic E-state index is -4.67. The van der Waals surface area contributed by atoms with Crippen molar-refractivity contribution in [2.24, 2.45) is 0 Å². The molecule has 0 atom stereocenters. The molecular formula is C19H17F3N2O3S. The van der Waals surface area contributed by atoms with E-state index in [1.807, 2.05) is 13.0 Å². The smallest absolute Gasteiger partial charge is 0.351 e. The lowest BCUT2D eigenvalue weighted by Crippen LogP contribution is -2.15. The van der Waals surface area contributed by atoms with E-state index in [0.29, 0.717) is 11.3 Å². The minimum Gasteiger partial charge on any atom is -0.351 e. The Balaban J connectivity index is 2.01. The molecule has 1 heterocycles. The number of benzene rings is 2. The van der Waals surface area contributed by atoms with Crippen LogP contribution >= 0.6 is 0 Å². The number of aromatic nitrogens is 1. The van der Waals surface area contributed by atoms with Crippen molar-refractivity contribution in [3.63, 3.8) is 0 Å². The Hall–Kier alpha value is -2.81. The first-order valence-corrected chi connectivity index (χ1v) is 9.71. The quantitative estimate of drug-likeness (QED) is 0.651. The first-order chi connectivity index (χ1) is 13.0. The lowest BCUT2D eigenvalue weighted by Gasteiger charge is -2.14. The highest BCUT2D eigenvalue weighted by Crippen LogP contribution is 2.33. The average Bonchev–Trinajstić information content (AvgIpc) is 3.09. The molecule has 0 amide bonds. The number of hydrogen-bond acceptors (Lipinski definition) is 4. The third kappa shape index (κ3) is 3.89. The summed E-state index contributed by atoms with van der Waals surface area (Å²) in [6, 6.07) is 10.3. The molecule has 3 rings (SSSR count). The topological polar surface area (TPSA) is 72.2 Å². The van der Waals surface area contributed by atoms with Gasteiger partial charge in [-0.1, -0.05) is 29.4 Å². The number of aryl methyl sites for hydroxylation is 2. The molecule has 0 spiro atoms. The van der Waals surface area contributed by atoms with Crippen LogP contribution in [0.3, 0.4) is 0 Å². The first-order valence-electron chi connectivity index (χ1n) is 8.23. The zero-order valence-electron chi connectivity index (χ0n) is 15.3. The van der Waals surface area contributed by atoms with Gasteiger partial charge in [-0.2, -0.15) is 13.2 Å². The van der Waals surface area contributed by atoms with Crippen molar-refractivity contribution in [2.75, 3.05) is 4.72 Å². The van der Waals surface area contributed by atoms with Crippen LogP contribution in [0, 0.1) is 20.8 Å². The predicted octanol–water partition coefficient (Wildman–Crippen LogP) is 5.09.